The summed E-state index contributed by atoms with van der Waals surface area (Å²) in [6, 6.07) is 10.7. The lowest BCUT2D eigenvalue weighted by molar-refractivity contribution is -0.137. The average Bonchev–Trinajstić information content (AvgIpc) is 3.43. The standard InChI is InChI=1S/C24H17F4N5O3/c25-15-3-7-17(8-4-15)32-12-13(9-20(32)34)19-10-21(35)33-22(31-19)18(11-29-33)23(36)30-16-5-1-14(2-6-16)24(26,27)28/h1-8,10-11,13,29H,9,12H2,(H,30,36). The molecule has 5 rings (SSSR count). The minimum atomic E-state index is -4.51. The van der Waals surface area contributed by atoms with Gasteiger partial charge in [-0.1, -0.05) is 0 Å². The summed E-state index contributed by atoms with van der Waals surface area (Å²) in [5, 5.41) is 5.13. The van der Waals surface area contributed by atoms with Crippen molar-refractivity contribution in [2.45, 2.75) is 18.5 Å². The van der Waals surface area contributed by atoms with Crippen molar-refractivity contribution >= 4 is 28.8 Å². The molecule has 2 amide bonds. The molecule has 1 atom stereocenters. The molecule has 0 aliphatic carbocycles. The lowest BCUT2D eigenvalue weighted by atomic mass is 10.0. The van der Waals surface area contributed by atoms with Gasteiger partial charge in [0, 0.05) is 42.5 Å². The molecule has 3 heterocycles. The van der Waals surface area contributed by atoms with Gasteiger partial charge in [0.1, 0.15) is 11.4 Å². The molecular weight excluding hydrogens is 482 g/mol. The van der Waals surface area contributed by atoms with Crippen molar-refractivity contribution in [1.29, 1.82) is 0 Å². The molecule has 8 nitrogen and oxygen atoms in total. The van der Waals surface area contributed by atoms with E-state index in [1.807, 2.05) is 0 Å². The summed E-state index contributed by atoms with van der Waals surface area (Å²) in [6.45, 7) is 0.213. The summed E-state index contributed by atoms with van der Waals surface area (Å²) < 4.78 is 52.6. The Balaban J connectivity index is 1.41. The first-order valence-corrected chi connectivity index (χ1v) is 10.8. The molecule has 36 heavy (non-hydrogen) atoms. The Kier molecular flexibility index (Phi) is 5.58. The van der Waals surface area contributed by atoms with Gasteiger partial charge in [0.2, 0.25) is 5.91 Å². The highest BCUT2D eigenvalue weighted by Gasteiger charge is 2.33. The van der Waals surface area contributed by atoms with Gasteiger partial charge in [0.15, 0.2) is 5.65 Å². The number of hydrogen-bond donors (Lipinski definition) is 2. The summed E-state index contributed by atoms with van der Waals surface area (Å²) >= 11 is 0. The second-order valence-electron chi connectivity index (χ2n) is 8.28. The first-order valence-electron chi connectivity index (χ1n) is 10.8. The maximum absolute atomic E-state index is 13.2. The van der Waals surface area contributed by atoms with Crippen LogP contribution in [-0.2, 0) is 11.0 Å². The van der Waals surface area contributed by atoms with E-state index in [9.17, 15) is 31.9 Å². The van der Waals surface area contributed by atoms with E-state index in [1.54, 1.807) is 0 Å². The number of fused-ring (bicyclic) bond motifs is 1. The number of aromatic nitrogens is 3. The van der Waals surface area contributed by atoms with Gasteiger partial charge >= 0.3 is 6.18 Å². The highest BCUT2D eigenvalue weighted by Crippen LogP contribution is 2.32. The molecule has 1 aliphatic rings. The summed E-state index contributed by atoms with van der Waals surface area (Å²) in [7, 11) is 0. The predicted molar refractivity (Wildman–Crippen MR) is 121 cm³/mol. The third-order valence-electron chi connectivity index (χ3n) is 5.91. The molecule has 1 saturated heterocycles. The van der Waals surface area contributed by atoms with E-state index < -0.39 is 34.9 Å². The monoisotopic (exact) mass is 499 g/mol. The van der Waals surface area contributed by atoms with E-state index in [2.05, 4.69) is 15.4 Å². The molecule has 4 aromatic rings. The lowest BCUT2D eigenvalue weighted by Gasteiger charge is -2.16. The second-order valence-corrected chi connectivity index (χ2v) is 8.28. The molecule has 0 bridgehead atoms. The van der Waals surface area contributed by atoms with E-state index in [-0.39, 0.29) is 35.8 Å². The number of nitrogens with one attached hydrogen (secondary N) is 2. The van der Waals surface area contributed by atoms with E-state index in [4.69, 9.17) is 0 Å². The predicted octanol–water partition coefficient (Wildman–Crippen LogP) is 3.95. The van der Waals surface area contributed by atoms with Crippen molar-refractivity contribution in [1.82, 2.24) is 14.6 Å². The molecular formula is C24H17F4N5O3. The molecule has 2 aromatic carbocycles. The Hall–Kier alpha value is -4.48. The third-order valence-corrected chi connectivity index (χ3v) is 5.91. The Bertz CT molecular complexity index is 1520. The molecule has 0 spiro atoms. The van der Waals surface area contributed by atoms with Crippen molar-refractivity contribution in [2.24, 2.45) is 0 Å². The Morgan fingerprint density at radius 1 is 1.06 bits per heavy atom. The van der Waals surface area contributed by atoms with E-state index in [1.165, 1.54) is 41.4 Å². The number of amides is 2. The van der Waals surface area contributed by atoms with Crippen molar-refractivity contribution < 1.29 is 27.2 Å². The van der Waals surface area contributed by atoms with Crippen LogP contribution in [0.5, 0.6) is 0 Å². The fourth-order valence-corrected chi connectivity index (χ4v) is 4.09. The average molecular weight is 499 g/mol. The van der Waals surface area contributed by atoms with Crippen LogP contribution in [0.1, 0.15) is 34.0 Å². The molecule has 1 fully saturated rings. The zero-order valence-corrected chi connectivity index (χ0v) is 18.3. The molecule has 2 aromatic heterocycles. The molecule has 1 aliphatic heterocycles. The Morgan fingerprint density at radius 2 is 1.75 bits per heavy atom. The first kappa shape index (κ1) is 23.3. The molecule has 2 N–H and O–H groups in total. The van der Waals surface area contributed by atoms with Crippen LogP contribution in [0.25, 0.3) is 5.65 Å². The summed E-state index contributed by atoms with van der Waals surface area (Å²) in [5.41, 5.74) is -0.408. The van der Waals surface area contributed by atoms with Gasteiger partial charge in [-0.25, -0.2) is 13.9 Å². The van der Waals surface area contributed by atoms with Crippen LogP contribution in [0.4, 0.5) is 28.9 Å². The van der Waals surface area contributed by atoms with Crippen molar-refractivity contribution in [3.05, 3.63) is 93.8 Å². The third kappa shape index (κ3) is 4.32. The van der Waals surface area contributed by atoms with Gasteiger partial charge < -0.3 is 10.2 Å². The smallest absolute Gasteiger partial charge is 0.322 e. The number of aromatic amines is 1. The lowest BCUT2D eigenvalue weighted by Crippen LogP contribution is -2.24. The van der Waals surface area contributed by atoms with Crippen molar-refractivity contribution in [3.63, 3.8) is 0 Å². The van der Waals surface area contributed by atoms with Crippen LogP contribution in [0.2, 0.25) is 0 Å². The number of alkyl halides is 3. The topological polar surface area (TPSA) is 99.6 Å². The molecule has 1 unspecified atom stereocenters. The summed E-state index contributed by atoms with van der Waals surface area (Å²) in [4.78, 5) is 44.0. The number of carbonyl (C=O) groups is 2. The first-order chi connectivity index (χ1) is 17.1. The molecule has 0 saturated carbocycles. The number of anilines is 2. The SMILES string of the molecule is O=C(Nc1ccc(C(F)(F)F)cc1)c1c[nH]n2c(=O)cc(C3CC(=O)N(c4ccc(F)cc4)C3)nc12. The van der Waals surface area contributed by atoms with Crippen LogP contribution in [0, 0.1) is 5.82 Å². The van der Waals surface area contributed by atoms with Gasteiger partial charge in [-0.05, 0) is 48.5 Å². The zero-order valence-electron chi connectivity index (χ0n) is 18.3. The molecule has 12 heteroatoms. The van der Waals surface area contributed by atoms with Gasteiger partial charge in [0.25, 0.3) is 11.5 Å². The summed E-state index contributed by atoms with van der Waals surface area (Å²) in [6.07, 6.45) is -3.18. The highest BCUT2D eigenvalue weighted by atomic mass is 19.4. The van der Waals surface area contributed by atoms with Gasteiger partial charge in [0.05, 0.1) is 11.3 Å². The van der Waals surface area contributed by atoms with Crippen LogP contribution in [-0.4, -0.2) is 33.0 Å². The molecule has 184 valence electrons. The fourth-order valence-electron chi connectivity index (χ4n) is 4.09. The Morgan fingerprint density at radius 3 is 2.42 bits per heavy atom. The summed E-state index contributed by atoms with van der Waals surface area (Å²) in [5.74, 6) is -1.78. The van der Waals surface area contributed by atoms with E-state index in [0.717, 1.165) is 28.8 Å². The number of halogens is 4. The minimum Gasteiger partial charge on any atom is -0.322 e. The van der Waals surface area contributed by atoms with Crippen molar-refractivity contribution in [2.75, 3.05) is 16.8 Å². The Labute approximate surface area is 200 Å². The largest absolute Gasteiger partial charge is 0.416 e. The van der Waals surface area contributed by atoms with Crippen LogP contribution >= 0.6 is 0 Å². The normalized spacial score (nSPS) is 16.1. The molecule has 0 radical (unpaired) electrons. The van der Waals surface area contributed by atoms with Gasteiger partial charge in [-0.15, -0.1) is 0 Å². The quantitative estimate of drug-likeness (QED) is 0.416. The zero-order chi connectivity index (χ0) is 25.6. The highest BCUT2D eigenvalue weighted by molar-refractivity contribution is 6.08. The van der Waals surface area contributed by atoms with Gasteiger partial charge in [-0.3, -0.25) is 19.5 Å². The van der Waals surface area contributed by atoms with Crippen LogP contribution in [0.15, 0.2) is 65.6 Å². The van der Waals surface area contributed by atoms with Gasteiger partial charge in [-0.2, -0.15) is 13.2 Å². The minimum absolute atomic E-state index is 0.00596. The van der Waals surface area contributed by atoms with Crippen molar-refractivity contribution in [3.8, 4) is 0 Å². The number of benzene rings is 2. The van der Waals surface area contributed by atoms with E-state index >= 15 is 0 Å². The van der Waals surface area contributed by atoms with Crippen LogP contribution < -0.4 is 15.8 Å². The fraction of sp³-hybridized carbons (Fsp3) is 0.167. The maximum Gasteiger partial charge on any atom is 0.416 e. The number of carbonyl (C=O) groups excluding carboxylic acids is 2. The number of H-pyrrole nitrogens is 1. The maximum atomic E-state index is 13.2. The second kappa shape index (κ2) is 8.63. The van der Waals surface area contributed by atoms with E-state index in [0.29, 0.717) is 11.4 Å². The van der Waals surface area contributed by atoms with Crippen LogP contribution in [0.3, 0.4) is 0 Å². The number of nitrogens with zero attached hydrogens (tertiary/aromatic N) is 3. The number of rotatable bonds is 4. The number of hydrogen-bond acceptors (Lipinski definition) is 4.